The van der Waals surface area contributed by atoms with E-state index in [2.05, 4.69) is 52.0 Å². The van der Waals surface area contributed by atoms with Gasteiger partial charge in [-0.05, 0) is 60.5 Å². The number of rotatable bonds is 8. The van der Waals surface area contributed by atoms with E-state index >= 15 is 0 Å². The minimum atomic E-state index is 0.223. The summed E-state index contributed by atoms with van der Waals surface area (Å²) < 4.78 is 6.74. The second-order valence-corrected chi connectivity index (χ2v) is 9.56. The zero-order valence-corrected chi connectivity index (χ0v) is 16.9. The molecule has 4 atom stereocenters. The maximum Gasteiger partial charge on any atom is 0.0828 e. The van der Waals surface area contributed by atoms with E-state index in [0.29, 0.717) is 12.2 Å². The Kier molecular flexibility index (Phi) is 6.25. The lowest BCUT2D eigenvalue weighted by atomic mass is 9.86. The summed E-state index contributed by atoms with van der Waals surface area (Å²) in [5.41, 5.74) is 3.04. The highest BCUT2D eigenvalue weighted by Crippen LogP contribution is 2.47. The van der Waals surface area contributed by atoms with Crippen LogP contribution >= 0.6 is 0 Å². The fraction of sp³-hybridized carbons (Fsp3) is 0.750. The highest BCUT2D eigenvalue weighted by Gasteiger charge is 2.41. The van der Waals surface area contributed by atoms with E-state index in [4.69, 9.17) is 4.74 Å². The van der Waals surface area contributed by atoms with Crippen LogP contribution in [0.15, 0.2) is 24.3 Å². The Hall–Kier alpha value is -0.820. The Labute approximate surface area is 155 Å². The van der Waals surface area contributed by atoms with Gasteiger partial charge in [-0.3, -0.25) is 0 Å². The third-order valence-corrected chi connectivity index (χ3v) is 6.48. The maximum atomic E-state index is 6.74. The van der Waals surface area contributed by atoms with Gasteiger partial charge in [0.1, 0.15) is 0 Å². The molecule has 0 heterocycles. The average Bonchev–Trinajstić information content (AvgIpc) is 3.20. The van der Waals surface area contributed by atoms with Crippen molar-refractivity contribution < 1.29 is 4.74 Å². The molecule has 2 fully saturated rings. The van der Waals surface area contributed by atoms with E-state index in [1.165, 1.54) is 68.9 Å². The van der Waals surface area contributed by atoms with Crippen LogP contribution in [-0.2, 0) is 10.2 Å². The van der Waals surface area contributed by atoms with Crippen molar-refractivity contribution in [3.8, 4) is 0 Å². The van der Waals surface area contributed by atoms with E-state index in [0.717, 1.165) is 11.8 Å². The molecule has 0 amide bonds. The Morgan fingerprint density at radius 1 is 1.00 bits per heavy atom. The van der Waals surface area contributed by atoms with Crippen LogP contribution < -0.4 is 0 Å². The zero-order chi connectivity index (χ0) is 17.9. The molecule has 140 valence electrons. The topological polar surface area (TPSA) is 9.23 Å². The second kappa shape index (κ2) is 8.25. The maximum absolute atomic E-state index is 6.74. The third kappa shape index (κ3) is 4.88. The van der Waals surface area contributed by atoms with Crippen molar-refractivity contribution in [3.05, 3.63) is 35.4 Å². The molecule has 1 heteroatoms. The van der Waals surface area contributed by atoms with Crippen molar-refractivity contribution in [3.63, 3.8) is 0 Å². The molecule has 0 aliphatic heterocycles. The van der Waals surface area contributed by atoms with E-state index in [9.17, 15) is 0 Å². The monoisotopic (exact) mass is 342 g/mol. The van der Waals surface area contributed by atoms with Crippen LogP contribution in [0.5, 0.6) is 0 Å². The Morgan fingerprint density at radius 2 is 1.76 bits per heavy atom. The Bertz CT molecular complexity index is 524. The van der Waals surface area contributed by atoms with Gasteiger partial charge >= 0.3 is 0 Å². The molecular weight excluding hydrogens is 304 g/mol. The zero-order valence-electron chi connectivity index (χ0n) is 16.9. The van der Waals surface area contributed by atoms with Crippen LogP contribution in [0.4, 0.5) is 0 Å². The number of unbranched alkanes of at least 4 members (excludes halogenated alkanes) is 3. The summed E-state index contributed by atoms with van der Waals surface area (Å²) in [5, 5.41) is 0. The van der Waals surface area contributed by atoms with Gasteiger partial charge in [0.05, 0.1) is 12.2 Å². The van der Waals surface area contributed by atoms with Gasteiger partial charge in [-0.2, -0.15) is 0 Å². The van der Waals surface area contributed by atoms with E-state index in [1.807, 2.05) is 0 Å². The van der Waals surface area contributed by atoms with Gasteiger partial charge in [-0.15, -0.1) is 0 Å². The second-order valence-electron chi connectivity index (χ2n) is 9.56. The lowest BCUT2D eigenvalue weighted by molar-refractivity contribution is -0.0457. The van der Waals surface area contributed by atoms with Crippen molar-refractivity contribution in [2.45, 2.75) is 103 Å². The van der Waals surface area contributed by atoms with Crippen molar-refractivity contribution in [1.29, 1.82) is 0 Å². The molecule has 0 saturated heterocycles. The van der Waals surface area contributed by atoms with Crippen LogP contribution in [0, 0.1) is 11.8 Å². The predicted octanol–water partition coefficient (Wildman–Crippen LogP) is 7.20. The Balaban J connectivity index is 1.66. The minimum absolute atomic E-state index is 0.223. The lowest BCUT2D eigenvalue weighted by Gasteiger charge is -2.29. The SMILES string of the molecule is CCCCCC[C@H](OC1CC2CCC1C2)c1ccc(C(C)(C)C)cc1. The summed E-state index contributed by atoms with van der Waals surface area (Å²) in [6, 6.07) is 9.30. The molecule has 3 unspecified atom stereocenters. The summed E-state index contributed by atoms with van der Waals surface area (Å²) in [6.07, 6.45) is 12.9. The standard InChI is InChI=1S/C24H38O/c1-5-6-7-8-9-22(25-23-17-18-10-11-20(23)16-18)19-12-14-21(15-13-19)24(2,3)4/h12-15,18,20,22-23H,5-11,16-17H2,1-4H3/t18?,20?,22-,23?/m0/s1. The molecule has 3 rings (SSSR count). The first-order valence-corrected chi connectivity index (χ1v) is 10.7. The summed E-state index contributed by atoms with van der Waals surface area (Å²) in [7, 11) is 0. The van der Waals surface area contributed by atoms with Gasteiger partial charge in [0.15, 0.2) is 0 Å². The lowest BCUT2D eigenvalue weighted by Crippen LogP contribution is -2.23. The first-order chi connectivity index (χ1) is 12.0. The molecule has 2 aliphatic rings. The van der Waals surface area contributed by atoms with Crippen LogP contribution in [-0.4, -0.2) is 6.10 Å². The van der Waals surface area contributed by atoms with Crippen LogP contribution in [0.25, 0.3) is 0 Å². The quantitative estimate of drug-likeness (QED) is 0.454. The molecule has 0 aromatic heterocycles. The number of ether oxygens (including phenoxy) is 1. The van der Waals surface area contributed by atoms with Gasteiger partial charge < -0.3 is 4.74 Å². The molecule has 2 aliphatic carbocycles. The normalized spacial score (nSPS) is 27.0. The molecule has 2 saturated carbocycles. The molecule has 0 N–H and O–H groups in total. The number of fused-ring (bicyclic) bond motifs is 2. The average molecular weight is 343 g/mol. The first kappa shape index (κ1) is 19.0. The molecule has 1 aromatic carbocycles. The predicted molar refractivity (Wildman–Crippen MR) is 107 cm³/mol. The van der Waals surface area contributed by atoms with Gasteiger partial charge in [0, 0.05) is 0 Å². The van der Waals surface area contributed by atoms with Gasteiger partial charge in [0.2, 0.25) is 0 Å². The third-order valence-electron chi connectivity index (χ3n) is 6.48. The molecule has 1 nitrogen and oxygen atoms in total. The highest BCUT2D eigenvalue weighted by molar-refractivity contribution is 5.28. The van der Waals surface area contributed by atoms with Crippen LogP contribution in [0.1, 0.15) is 103 Å². The number of hydrogen-bond acceptors (Lipinski definition) is 1. The summed E-state index contributed by atoms with van der Waals surface area (Å²) >= 11 is 0. The van der Waals surface area contributed by atoms with E-state index in [1.54, 1.807) is 0 Å². The summed E-state index contributed by atoms with van der Waals surface area (Å²) in [5.74, 6) is 1.80. The fourth-order valence-electron chi connectivity index (χ4n) is 4.83. The minimum Gasteiger partial charge on any atom is -0.370 e. The molecule has 0 radical (unpaired) electrons. The Morgan fingerprint density at radius 3 is 2.32 bits per heavy atom. The fourth-order valence-corrected chi connectivity index (χ4v) is 4.83. The molecular formula is C24H38O. The van der Waals surface area contributed by atoms with Gasteiger partial charge in [-0.25, -0.2) is 0 Å². The van der Waals surface area contributed by atoms with Gasteiger partial charge in [-0.1, -0.05) is 77.6 Å². The largest absolute Gasteiger partial charge is 0.370 e. The molecule has 1 aromatic rings. The number of hydrogen-bond donors (Lipinski definition) is 0. The van der Waals surface area contributed by atoms with Crippen LogP contribution in [0.2, 0.25) is 0 Å². The van der Waals surface area contributed by atoms with Crippen molar-refractivity contribution in [2.24, 2.45) is 11.8 Å². The number of benzene rings is 1. The molecule has 2 bridgehead atoms. The smallest absolute Gasteiger partial charge is 0.0828 e. The van der Waals surface area contributed by atoms with E-state index < -0.39 is 0 Å². The molecule has 0 spiro atoms. The van der Waals surface area contributed by atoms with Crippen molar-refractivity contribution in [1.82, 2.24) is 0 Å². The van der Waals surface area contributed by atoms with Crippen LogP contribution in [0.3, 0.4) is 0 Å². The summed E-state index contributed by atoms with van der Waals surface area (Å²) in [6.45, 7) is 9.15. The molecule has 25 heavy (non-hydrogen) atoms. The van der Waals surface area contributed by atoms with Crippen molar-refractivity contribution >= 4 is 0 Å². The van der Waals surface area contributed by atoms with E-state index in [-0.39, 0.29) is 5.41 Å². The summed E-state index contributed by atoms with van der Waals surface area (Å²) in [4.78, 5) is 0. The van der Waals surface area contributed by atoms with Crippen molar-refractivity contribution in [2.75, 3.05) is 0 Å². The first-order valence-electron chi connectivity index (χ1n) is 10.7. The van der Waals surface area contributed by atoms with Gasteiger partial charge in [0.25, 0.3) is 0 Å². The highest BCUT2D eigenvalue weighted by atomic mass is 16.5.